The van der Waals surface area contributed by atoms with E-state index in [0.29, 0.717) is 18.4 Å². The van der Waals surface area contributed by atoms with Gasteiger partial charge in [0.2, 0.25) is 0 Å². The lowest BCUT2D eigenvalue weighted by Crippen LogP contribution is -1.93. The number of hydrogen-bond donors (Lipinski definition) is 0. The number of rotatable bonds is 2. The molecule has 1 aromatic heterocycles. The number of hydrogen-bond acceptors (Lipinski definition) is 2. The van der Waals surface area contributed by atoms with E-state index in [9.17, 15) is 5.26 Å². The molecule has 0 atom stereocenters. The molecule has 0 aliphatic heterocycles. The summed E-state index contributed by atoms with van der Waals surface area (Å²) in [6.45, 7) is 0. The van der Waals surface area contributed by atoms with Crippen LogP contribution in [0.3, 0.4) is 0 Å². The number of aromatic nitrogens is 1. The van der Waals surface area contributed by atoms with Gasteiger partial charge in [0.25, 0.3) is 0 Å². The van der Waals surface area contributed by atoms with Crippen LogP contribution in [0.5, 0.6) is 0 Å². The van der Waals surface area contributed by atoms with E-state index in [1.165, 1.54) is 0 Å². The Morgan fingerprint density at radius 3 is 2.60 bits per heavy atom. The Hall–Kier alpha value is -2.78. The van der Waals surface area contributed by atoms with Crippen molar-refractivity contribution in [2.45, 2.75) is 12.8 Å². The molecule has 3 aromatic rings. The molecule has 1 heterocycles. The monoisotopic (exact) mass is 259 g/mol. The zero-order valence-corrected chi connectivity index (χ0v) is 11.2. The molecule has 0 unspecified atom stereocenters. The summed E-state index contributed by atoms with van der Waals surface area (Å²) in [5, 5.41) is 20.3. The van der Waals surface area contributed by atoms with E-state index < -0.39 is 0 Å². The first kappa shape index (κ1) is 12.3. The highest BCUT2D eigenvalue weighted by Crippen LogP contribution is 2.30. The maximum Gasteiger partial charge on any atom is 0.0994 e. The fraction of sp³-hybridized carbons (Fsp3) is 0.176. The summed E-state index contributed by atoms with van der Waals surface area (Å²) in [6, 6.07) is 16.6. The highest BCUT2D eigenvalue weighted by Gasteiger charge is 2.11. The van der Waals surface area contributed by atoms with Gasteiger partial charge in [-0.05, 0) is 30.2 Å². The minimum absolute atomic E-state index is 0.435. The van der Waals surface area contributed by atoms with Gasteiger partial charge in [-0.2, -0.15) is 10.5 Å². The fourth-order valence-corrected chi connectivity index (χ4v) is 2.75. The second kappa shape index (κ2) is 4.72. The van der Waals surface area contributed by atoms with Crippen molar-refractivity contribution in [1.82, 2.24) is 4.57 Å². The molecule has 3 rings (SSSR count). The second-order valence-corrected chi connectivity index (χ2v) is 4.87. The zero-order chi connectivity index (χ0) is 14.1. The van der Waals surface area contributed by atoms with Gasteiger partial charge in [0, 0.05) is 35.3 Å². The van der Waals surface area contributed by atoms with Crippen LogP contribution < -0.4 is 0 Å². The smallest absolute Gasteiger partial charge is 0.0994 e. The van der Waals surface area contributed by atoms with Gasteiger partial charge in [0.05, 0.1) is 17.7 Å². The van der Waals surface area contributed by atoms with Crippen molar-refractivity contribution in [2.24, 2.45) is 7.05 Å². The summed E-state index contributed by atoms with van der Waals surface area (Å²) in [7, 11) is 2.03. The normalized spacial score (nSPS) is 10.6. The number of nitriles is 2. The minimum Gasteiger partial charge on any atom is -0.344 e. The highest BCUT2D eigenvalue weighted by molar-refractivity contribution is 6.08. The molecule has 0 aliphatic carbocycles. The van der Waals surface area contributed by atoms with Crippen molar-refractivity contribution < 1.29 is 0 Å². The average Bonchev–Trinajstić information content (AvgIpc) is 2.77. The van der Waals surface area contributed by atoms with Gasteiger partial charge in [-0.15, -0.1) is 0 Å². The van der Waals surface area contributed by atoms with Gasteiger partial charge < -0.3 is 4.57 Å². The summed E-state index contributed by atoms with van der Waals surface area (Å²) < 4.78 is 2.14. The largest absolute Gasteiger partial charge is 0.344 e. The van der Waals surface area contributed by atoms with Crippen LogP contribution >= 0.6 is 0 Å². The van der Waals surface area contributed by atoms with Gasteiger partial charge in [-0.1, -0.05) is 18.2 Å². The maximum absolute atomic E-state index is 9.32. The molecule has 0 radical (unpaired) electrons. The first-order valence-corrected chi connectivity index (χ1v) is 6.53. The van der Waals surface area contributed by atoms with Crippen LogP contribution in [-0.4, -0.2) is 4.57 Å². The molecule has 20 heavy (non-hydrogen) atoms. The van der Waals surface area contributed by atoms with Crippen molar-refractivity contribution in [3.63, 3.8) is 0 Å². The van der Waals surface area contributed by atoms with Crippen LogP contribution in [0, 0.1) is 22.7 Å². The fourth-order valence-electron chi connectivity index (χ4n) is 2.75. The van der Waals surface area contributed by atoms with E-state index in [2.05, 4.69) is 28.8 Å². The van der Waals surface area contributed by atoms with Crippen molar-refractivity contribution >= 4 is 21.8 Å². The van der Waals surface area contributed by atoms with Gasteiger partial charge in [-0.25, -0.2) is 0 Å². The first-order valence-electron chi connectivity index (χ1n) is 6.53. The van der Waals surface area contributed by atoms with Crippen LogP contribution in [0.25, 0.3) is 21.8 Å². The quantitative estimate of drug-likeness (QED) is 0.705. The van der Waals surface area contributed by atoms with Gasteiger partial charge >= 0.3 is 0 Å². The summed E-state index contributed by atoms with van der Waals surface area (Å²) in [5.74, 6) is 0. The van der Waals surface area contributed by atoms with Crippen LogP contribution in [0.4, 0.5) is 0 Å². The lowest BCUT2D eigenvalue weighted by molar-refractivity contribution is 0.989. The van der Waals surface area contributed by atoms with Crippen LogP contribution in [0.2, 0.25) is 0 Å². The van der Waals surface area contributed by atoms with Crippen LogP contribution in [-0.2, 0) is 13.5 Å². The van der Waals surface area contributed by atoms with Crippen molar-refractivity contribution in [1.29, 1.82) is 10.5 Å². The molecule has 3 nitrogen and oxygen atoms in total. The van der Waals surface area contributed by atoms with E-state index in [0.717, 1.165) is 27.4 Å². The molecule has 0 bridgehead atoms. The van der Waals surface area contributed by atoms with E-state index in [1.54, 1.807) is 0 Å². The third kappa shape index (κ3) is 1.73. The molecule has 96 valence electrons. The first-order chi connectivity index (χ1) is 9.76. The number of nitrogens with zero attached hydrogens (tertiary/aromatic N) is 3. The van der Waals surface area contributed by atoms with E-state index >= 15 is 0 Å². The van der Waals surface area contributed by atoms with Crippen LogP contribution in [0.15, 0.2) is 36.4 Å². The topological polar surface area (TPSA) is 52.5 Å². The van der Waals surface area contributed by atoms with Crippen molar-refractivity contribution in [3.8, 4) is 12.1 Å². The average molecular weight is 259 g/mol. The summed E-state index contributed by atoms with van der Waals surface area (Å²) in [5.41, 5.74) is 3.89. The zero-order valence-electron chi connectivity index (χ0n) is 11.2. The second-order valence-electron chi connectivity index (χ2n) is 4.87. The lowest BCUT2D eigenvalue weighted by Gasteiger charge is -2.04. The molecule has 0 spiro atoms. The molecule has 0 saturated carbocycles. The Morgan fingerprint density at radius 1 is 1.05 bits per heavy atom. The van der Waals surface area contributed by atoms with Crippen molar-refractivity contribution in [3.05, 3.63) is 47.5 Å². The van der Waals surface area contributed by atoms with E-state index in [4.69, 9.17) is 5.26 Å². The molecule has 2 aromatic carbocycles. The van der Waals surface area contributed by atoms with Crippen LogP contribution in [0.1, 0.15) is 17.5 Å². The Morgan fingerprint density at radius 2 is 1.85 bits per heavy atom. The Bertz CT molecular complexity index is 888. The number of benzene rings is 2. The molecular formula is C17H13N3. The molecule has 0 aliphatic rings. The van der Waals surface area contributed by atoms with Gasteiger partial charge in [-0.3, -0.25) is 0 Å². The standard InChI is InChI=1S/C17H13N3/c1-20-16-7-3-2-6-14(16)15-9-13(11-19)12(5-4-8-18)10-17(15)20/h2-3,6-7,9-10H,4-5H2,1H3. The highest BCUT2D eigenvalue weighted by atomic mass is 14.9. The Labute approximate surface area is 117 Å². The van der Waals surface area contributed by atoms with E-state index in [1.807, 2.05) is 31.3 Å². The molecule has 0 amide bonds. The summed E-state index contributed by atoms with van der Waals surface area (Å²) >= 11 is 0. The molecular weight excluding hydrogens is 246 g/mol. The third-order valence-corrected chi connectivity index (χ3v) is 3.77. The number of aryl methyl sites for hydroxylation is 2. The van der Waals surface area contributed by atoms with Gasteiger partial charge in [0.15, 0.2) is 0 Å². The molecule has 0 saturated heterocycles. The molecule has 0 N–H and O–H groups in total. The summed E-state index contributed by atoms with van der Waals surface area (Å²) in [4.78, 5) is 0. The predicted octanol–water partition coefficient (Wildman–Crippen LogP) is 3.66. The van der Waals surface area contributed by atoms with Gasteiger partial charge in [0.1, 0.15) is 0 Å². The number of fused-ring (bicyclic) bond motifs is 3. The Balaban J connectivity index is 2.36. The van der Waals surface area contributed by atoms with E-state index in [-0.39, 0.29) is 0 Å². The van der Waals surface area contributed by atoms with Crippen molar-refractivity contribution in [2.75, 3.05) is 0 Å². The summed E-state index contributed by atoms with van der Waals surface area (Å²) in [6.07, 6.45) is 1.06. The third-order valence-electron chi connectivity index (χ3n) is 3.77. The lowest BCUT2D eigenvalue weighted by atomic mass is 10.0. The Kier molecular flexibility index (Phi) is 2.89. The molecule has 0 fully saturated rings. The predicted molar refractivity (Wildman–Crippen MR) is 79.1 cm³/mol. The maximum atomic E-state index is 9.32. The molecule has 3 heteroatoms. The SMILES string of the molecule is Cn1c2ccccc2c2cc(C#N)c(CCC#N)cc21. The number of para-hydroxylation sites is 1. The minimum atomic E-state index is 0.435.